The molecule has 0 N–H and O–H groups in total. The van der Waals surface area contributed by atoms with E-state index in [-0.39, 0.29) is 85.8 Å². The third kappa shape index (κ3) is 17.5. The zero-order valence-electron chi connectivity index (χ0n) is 57.0. The molecule has 0 saturated heterocycles. The second-order valence-electron chi connectivity index (χ2n) is 25.0. The van der Waals surface area contributed by atoms with Crippen molar-refractivity contribution >= 4 is 92.0 Å². The Morgan fingerprint density at radius 2 is 0.634 bits per heavy atom. The average Bonchev–Trinajstić information content (AvgIpc) is 1.65. The van der Waals surface area contributed by atoms with Crippen LogP contribution < -0.4 is 39.2 Å². The fourth-order valence-electron chi connectivity index (χ4n) is 11.1. The molecule has 0 saturated carbocycles. The second-order valence-corrected chi connectivity index (χ2v) is 25.0. The summed E-state index contributed by atoms with van der Waals surface area (Å²) < 4.78 is 0. The van der Waals surface area contributed by atoms with Crippen LogP contribution >= 0.6 is 0 Å². The summed E-state index contributed by atoms with van der Waals surface area (Å²) in [6, 6.07) is 85.5. The summed E-state index contributed by atoms with van der Waals surface area (Å²) in [5, 5.41) is 0. The van der Waals surface area contributed by atoms with Crippen LogP contribution in [-0.4, -0.2) is 39.9 Å². The molecule has 8 aromatic carbocycles. The Labute approximate surface area is 648 Å². The first kappa shape index (κ1) is 76.3. The van der Waals surface area contributed by atoms with Gasteiger partial charge in [0, 0.05) is 109 Å². The van der Waals surface area contributed by atoms with Gasteiger partial charge in [0.15, 0.2) is 0 Å². The van der Waals surface area contributed by atoms with Crippen molar-refractivity contribution in [1.29, 1.82) is 0 Å². The molecule has 0 aliphatic carbocycles. The molecule has 20 heteroatoms. The zero-order chi connectivity index (χ0) is 66.8. The number of aromatic nitrogens is 8. The molecule has 4 radical (unpaired) electrons. The van der Waals surface area contributed by atoms with Crippen LogP contribution in [0.5, 0.6) is 0 Å². The molecule has 0 bridgehead atoms. The van der Waals surface area contributed by atoms with Gasteiger partial charge in [0.2, 0.25) is 0 Å². The van der Waals surface area contributed by atoms with Gasteiger partial charge >= 0.3 is 0 Å². The number of para-hydroxylation sites is 8. The molecule has 12 aromatic rings. The van der Waals surface area contributed by atoms with Crippen molar-refractivity contribution in [3.63, 3.8) is 0 Å². The topological polar surface area (TPSA) is 129 Å². The number of rotatable bonds is 12. The standard InChI is InChI=1S/2C21H20N4.C20H18N4.C19H16N4.4Ir/c1-21(2,3)18-14-22-19-20(23-18)25(17-12-8-5-9-13-17)15-24(19)16-10-6-4-7-11-16;1-16(2)13-17-14-22-20-21(23-17)25(19-11-7-4-8-12-19)15-24(20)18-9-5-3-6-10-18;1-15(2)18-13-21-19-20(22-18)24(17-11-7-4-8-12-17)14-23(19)16-9-5-3-6-10-16;1-2-15-13-20-18-19(21-15)23(17-11-7-4-8-12-17)14-22(18)16-9-5-3-6-10-16;;;;/h4-12,14-15H,1-3H3;3-11,14-16H,13H2,1-2H3;3-11,13-15H,1-2H3;3-11,13-14H,2H2,1H3;;;;/q4*-2;;;;. The molecular formula is C81H74Ir4N16-8. The van der Waals surface area contributed by atoms with Gasteiger partial charge in [-0.15, -0.1) is 49.4 Å². The van der Waals surface area contributed by atoms with Gasteiger partial charge in [-0.3, -0.25) is 0 Å². The quantitative estimate of drug-likeness (QED) is 0.107. The third-order valence-corrected chi connectivity index (χ3v) is 16.1. The van der Waals surface area contributed by atoms with Crippen LogP contribution in [0.2, 0.25) is 0 Å². The summed E-state index contributed by atoms with van der Waals surface area (Å²) in [7, 11) is 0. The zero-order valence-corrected chi connectivity index (χ0v) is 66.5. The van der Waals surface area contributed by atoms with E-state index in [1.807, 2.05) is 236 Å². The Morgan fingerprint density at radius 3 is 0.941 bits per heavy atom. The maximum Gasteiger partial charge on any atom is 0.145 e. The molecule has 4 aliphatic heterocycles. The van der Waals surface area contributed by atoms with E-state index in [9.17, 15) is 0 Å². The first-order valence-corrected chi connectivity index (χ1v) is 32.6. The van der Waals surface area contributed by atoms with E-state index in [4.69, 9.17) is 34.9 Å². The first-order valence-electron chi connectivity index (χ1n) is 32.6. The van der Waals surface area contributed by atoms with Crippen LogP contribution in [0.3, 0.4) is 0 Å². The first-order chi connectivity index (χ1) is 47.4. The van der Waals surface area contributed by atoms with Crippen molar-refractivity contribution in [3.05, 3.63) is 317 Å². The minimum absolute atomic E-state index is 0. The SMILES string of the molecule is CC(C)(C)c1cnc2c(n1)N(c1[c-]cccc1)[CH-]N2c1ccccc1.CC(C)Cc1cnc2c(n1)N(c1[c-]cccc1)[CH-]N2c1ccccc1.CC(C)c1cnc2c(n1)N(c1[c-]cccc1)[CH-]N2c1ccccc1.CCc1cnc2c(n1)N(c1[c-]cccc1)[CH-]N2c1ccccc1.[Ir].[Ir].[Ir].[Ir]. The minimum atomic E-state index is -0.0612. The van der Waals surface area contributed by atoms with Crippen molar-refractivity contribution in [2.75, 3.05) is 39.2 Å². The van der Waals surface area contributed by atoms with Gasteiger partial charge in [0.25, 0.3) is 0 Å². The Hall–Kier alpha value is -8.92. The van der Waals surface area contributed by atoms with E-state index in [1.54, 1.807) is 0 Å². The Kier molecular flexibility index (Phi) is 26.5. The summed E-state index contributed by atoms with van der Waals surface area (Å²) in [5.74, 6) is 7.59. The average molecular weight is 2040 g/mol. The van der Waals surface area contributed by atoms with Crippen molar-refractivity contribution in [2.45, 2.75) is 79.6 Å². The Bertz CT molecular complexity index is 4540. The predicted octanol–water partition coefficient (Wildman–Crippen LogP) is 18.9. The van der Waals surface area contributed by atoms with Crippen molar-refractivity contribution in [2.24, 2.45) is 5.92 Å². The molecule has 16 rings (SSSR count). The molecule has 0 amide bonds. The molecule has 8 heterocycles. The maximum atomic E-state index is 4.93. The van der Waals surface area contributed by atoms with Crippen LogP contribution in [0.15, 0.2) is 243 Å². The van der Waals surface area contributed by atoms with E-state index in [0.717, 1.165) is 128 Å². The molecule has 0 unspecified atom stereocenters. The van der Waals surface area contributed by atoms with E-state index in [2.05, 4.69) is 158 Å². The summed E-state index contributed by atoms with van der Waals surface area (Å²) in [6.45, 7) is 25.3. The second kappa shape index (κ2) is 35.1. The molecular weight excluding hydrogens is 1970 g/mol. The fourth-order valence-corrected chi connectivity index (χ4v) is 11.1. The van der Waals surface area contributed by atoms with E-state index < -0.39 is 0 Å². The molecule has 101 heavy (non-hydrogen) atoms. The predicted molar refractivity (Wildman–Crippen MR) is 390 cm³/mol. The van der Waals surface area contributed by atoms with E-state index in [0.29, 0.717) is 11.8 Å². The number of aryl methyl sites for hydroxylation is 1. The van der Waals surface area contributed by atoms with Crippen LogP contribution in [0, 0.1) is 56.9 Å². The van der Waals surface area contributed by atoms with Crippen LogP contribution in [0.1, 0.15) is 84.1 Å². The molecule has 4 aliphatic rings. The van der Waals surface area contributed by atoms with Gasteiger partial charge in [0.05, 0.1) is 47.6 Å². The van der Waals surface area contributed by atoms with Crippen molar-refractivity contribution in [1.82, 2.24) is 39.9 Å². The maximum absolute atomic E-state index is 4.93. The number of hydrogen-bond donors (Lipinski definition) is 0. The summed E-state index contributed by atoms with van der Waals surface area (Å²) in [6.07, 6.45) is 9.25. The number of benzene rings is 8. The molecule has 0 fully saturated rings. The van der Waals surface area contributed by atoms with E-state index >= 15 is 0 Å². The van der Waals surface area contributed by atoms with Gasteiger partial charge in [-0.05, 0) is 73.2 Å². The van der Waals surface area contributed by atoms with Crippen LogP contribution in [0.4, 0.5) is 92.0 Å². The van der Waals surface area contributed by atoms with E-state index in [1.165, 1.54) is 0 Å². The number of fused-ring (bicyclic) bond motifs is 4. The van der Waals surface area contributed by atoms with Crippen molar-refractivity contribution < 1.29 is 80.4 Å². The number of nitrogens with zero attached hydrogens (tertiary/aromatic N) is 16. The van der Waals surface area contributed by atoms with Crippen molar-refractivity contribution in [3.8, 4) is 0 Å². The van der Waals surface area contributed by atoms with Gasteiger partial charge < -0.3 is 39.2 Å². The minimum Gasteiger partial charge on any atom is -0.477 e. The Balaban J connectivity index is 0.000000155. The molecule has 522 valence electrons. The molecule has 0 atom stereocenters. The van der Waals surface area contributed by atoms with Crippen LogP contribution in [0.25, 0.3) is 0 Å². The molecule has 4 aromatic heterocycles. The normalized spacial score (nSPS) is 13.0. The van der Waals surface area contributed by atoms with Gasteiger partial charge in [-0.25, -0.2) is 39.9 Å². The smallest absolute Gasteiger partial charge is 0.145 e. The molecule has 16 nitrogen and oxygen atoms in total. The molecule has 0 spiro atoms. The number of hydrogen-bond acceptors (Lipinski definition) is 16. The number of anilines is 16. The summed E-state index contributed by atoms with van der Waals surface area (Å²) >= 11 is 0. The third-order valence-electron chi connectivity index (χ3n) is 16.1. The van der Waals surface area contributed by atoms with Gasteiger partial charge in [0.1, 0.15) is 46.5 Å². The van der Waals surface area contributed by atoms with Gasteiger partial charge in [-0.1, -0.05) is 128 Å². The largest absolute Gasteiger partial charge is 0.477 e. The summed E-state index contributed by atoms with van der Waals surface area (Å²) in [5.41, 5.74) is 11.9. The Morgan fingerprint density at radius 1 is 0.337 bits per heavy atom. The van der Waals surface area contributed by atoms with Crippen LogP contribution in [-0.2, 0) is 98.7 Å². The fraction of sp³-hybridized carbons (Fsp3) is 0.160. The summed E-state index contributed by atoms with van der Waals surface area (Å²) in [4.78, 5) is 54.7. The van der Waals surface area contributed by atoms with Gasteiger partial charge in [-0.2, -0.15) is 121 Å². The monoisotopic (exact) mass is 2040 g/mol.